The Morgan fingerprint density at radius 3 is 0.756 bits per heavy atom. The number of para-hydroxylation sites is 4. The second-order valence-electron chi connectivity index (χ2n) is 19.3. The zero-order valence-corrected chi connectivity index (χ0v) is 43.5. The van der Waals surface area contributed by atoms with Crippen molar-refractivity contribution in [3.63, 3.8) is 0 Å². The van der Waals surface area contributed by atoms with Crippen LogP contribution in [0.4, 0.5) is 34.1 Å². The molecule has 0 saturated heterocycles. The third-order valence-corrected chi connectivity index (χ3v) is 16.9. The van der Waals surface area contributed by atoms with Gasteiger partial charge in [-0.05, 0) is 83.9 Å². The molecular formula is C70H44N6S2. The van der Waals surface area contributed by atoms with E-state index in [1.807, 2.05) is 24.3 Å². The van der Waals surface area contributed by atoms with Gasteiger partial charge >= 0.3 is 0 Å². The lowest BCUT2D eigenvalue weighted by atomic mass is 9.96. The minimum absolute atomic E-state index is 0.811. The molecule has 15 rings (SSSR count). The molecule has 0 amide bonds. The van der Waals surface area contributed by atoms with Crippen LogP contribution < -0.4 is 9.80 Å². The zero-order valence-electron chi connectivity index (χ0n) is 41.9. The summed E-state index contributed by atoms with van der Waals surface area (Å²) in [4.78, 5) is 32.4. The fourth-order valence-electron chi connectivity index (χ4n) is 11.0. The summed E-state index contributed by atoms with van der Waals surface area (Å²) < 4.78 is 0. The van der Waals surface area contributed by atoms with E-state index in [-0.39, 0.29) is 0 Å². The van der Waals surface area contributed by atoms with Gasteiger partial charge in [0.05, 0.1) is 67.9 Å². The van der Waals surface area contributed by atoms with Crippen LogP contribution >= 0.6 is 23.5 Å². The summed E-state index contributed by atoms with van der Waals surface area (Å²) in [5.41, 5.74) is 20.9. The number of hydrogen-bond donors (Lipinski definition) is 0. The van der Waals surface area contributed by atoms with Gasteiger partial charge < -0.3 is 9.80 Å². The Balaban J connectivity index is 0.946. The van der Waals surface area contributed by atoms with Crippen molar-refractivity contribution in [2.45, 2.75) is 19.6 Å². The second kappa shape index (κ2) is 19.2. The Kier molecular flexibility index (Phi) is 11.3. The number of rotatable bonds is 8. The van der Waals surface area contributed by atoms with E-state index in [2.05, 4.69) is 252 Å². The molecule has 4 heterocycles. The van der Waals surface area contributed by atoms with Crippen LogP contribution in [0.25, 0.3) is 89.4 Å². The zero-order chi connectivity index (χ0) is 51.5. The van der Waals surface area contributed by atoms with Crippen molar-refractivity contribution >= 4 is 79.7 Å². The molecule has 0 radical (unpaired) electrons. The molecule has 8 heteroatoms. The lowest BCUT2D eigenvalue weighted by molar-refractivity contribution is 1.16. The predicted molar refractivity (Wildman–Crippen MR) is 323 cm³/mol. The second-order valence-corrected chi connectivity index (χ2v) is 21.5. The molecule has 0 bridgehead atoms. The fourth-order valence-corrected chi connectivity index (χ4v) is 13.1. The van der Waals surface area contributed by atoms with Crippen LogP contribution in [0.3, 0.4) is 0 Å². The van der Waals surface area contributed by atoms with Gasteiger partial charge in [-0.2, -0.15) is 0 Å². The molecule has 2 aliphatic heterocycles. The Hall–Kier alpha value is -9.60. The summed E-state index contributed by atoms with van der Waals surface area (Å²) in [6, 6.07) is 94.1. The normalized spacial score (nSPS) is 12.5. The van der Waals surface area contributed by atoms with E-state index in [4.69, 9.17) is 19.9 Å². The van der Waals surface area contributed by atoms with E-state index in [1.54, 1.807) is 23.5 Å². The quantitative estimate of drug-likeness (QED) is 0.149. The van der Waals surface area contributed by atoms with Crippen molar-refractivity contribution in [3.05, 3.63) is 267 Å². The largest absolute Gasteiger partial charge is 0.306 e. The van der Waals surface area contributed by atoms with Gasteiger partial charge in [-0.25, -0.2) is 19.9 Å². The van der Waals surface area contributed by atoms with Crippen LogP contribution in [0.2, 0.25) is 0 Å². The lowest BCUT2D eigenvalue weighted by Crippen LogP contribution is -2.16. The highest BCUT2D eigenvalue weighted by Gasteiger charge is 2.30. The molecule has 13 aromatic rings. The Morgan fingerprint density at radius 2 is 0.462 bits per heavy atom. The molecule has 0 aliphatic carbocycles. The molecule has 0 spiro atoms. The third-order valence-electron chi connectivity index (χ3n) is 14.6. The summed E-state index contributed by atoms with van der Waals surface area (Å²) in [5.74, 6) is 0. The average molecular weight is 1030 g/mol. The highest BCUT2D eigenvalue weighted by molar-refractivity contribution is 8.00. The van der Waals surface area contributed by atoms with Gasteiger partial charge in [0.2, 0.25) is 0 Å². The minimum atomic E-state index is 0.811. The number of benzene rings is 11. The maximum atomic E-state index is 5.73. The molecule has 78 heavy (non-hydrogen) atoms. The van der Waals surface area contributed by atoms with Gasteiger partial charge in [0.25, 0.3) is 0 Å². The van der Waals surface area contributed by atoms with Gasteiger partial charge in [0, 0.05) is 53.0 Å². The average Bonchev–Trinajstić information content (AvgIpc) is 3.67. The van der Waals surface area contributed by atoms with Crippen molar-refractivity contribution in [1.29, 1.82) is 0 Å². The molecule has 6 nitrogen and oxygen atoms in total. The number of aromatic nitrogens is 4. The Morgan fingerprint density at radius 1 is 0.205 bits per heavy atom. The minimum Gasteiger partial charge on any atom is -0.306 e. The van der Waals surface area contributed by atoms with Crippen LogP contribution in [0.1, 0.15) is 0 Å². The van der Waals surface area contributed by atoms with E-state index in [9.17, 15) is 0 Å². The van der Waals surface area contributed by atoms with Gasteiger partial charge in [0.15, 0.2) is 0 Å². The van der Waals surface area contributed by atoms with Gasteiger partial charge in [-0.3, -0.25) is 0 Å². The van der Waals surface area contributed by atoms with Crippen molar-refractivity contribution in [2.75, 3.05) is 9.80 Å². The Labute approximate surface area is 460 Å². The van der Waals surface area contributed by atoms with Crippen molar-refractivity contribution in [3.8, 4) is 67.3 Å². The number of fused-ring (bicyclic) bond motifs is 6. The first kappa shape index (κ1) is 45.8. The lowest BCUT2D eigenvalue weighted by Gasteiger charge is -2.33. The first-order valence-corrected chi connectivity index (χ1v) is 27.7. The van der Waals surface area contributed by atoms with Crippen LogP contribution in [0, 0.1) is 0 Å². The molecule has 0 saturated carbocycles. The first-order chi connectivity index (χ1) is 38.7. The topological polar surface area (TPSA) is 58.0 Å². The summed E-state index contributed by atoms with van der Waals surface area (Å²) in [7, 11) is 0. The SMILES string of the molecule is c1ccc(-c2nc3c(-c4ccc(-c5ccc(N6c7ccccc7Sc7ccccc76)c6nc(-c7ccccc7)c(-c7ccccc7)nc56)cc4)ccc(N4c5ccccc5Sc5ccccc54)c3nc2-c2ccccc2)cc1. The predicted octanol–water partition coefficient (Wildman–Crippen LogP) is 19.4. The van der Waals surface area contributed by atoms with E-state index in [1.165, 1.54) is 19.6 Å². The van der Waals surface area contributed by atoms with Crippen LogP contribution in [0.15, 0.2) is 287 Å². The number of nitrogens with zero attached hydrogens (tertiary/aromatic N) is 6. The fraction of sp³-hybridized carbons (Fsp3) is 0. The standard InChI is InChI=1S/C70H44N6S2/c1-5-21-47(22-6-1)63-65(49-25-9-3-10-26-49)73-69-57(75-53-29-13-17-33-59(53)77-60-34-18-14-30-54(60)75)43-41-51(67(69)71-63)45-37-39-46(40-38-45)52-42-44-58(76-55-31-15-19-35-61(55)78-62-36-20-16-32-56(62)76)70-68(52)72-64(48-23-7-2-8-24-48)66(74-70)50-27-11-4-12-28-50/h1-44H. The van der Waals surface area contributed by atoms with E-state index in [0.717, 1.165) is 123 Å². The molecule has 11 aromatic carbocycles. The molecule has 0 unspecified atom stereocenters. The van der Waals surface area contributed by atoms with Crippen LogP contribution in [-0.4, -0.2) is 19.9 Å². The summed E-state index contributed by atoms with van der Waals surface area (Å²) in [5, 5.41) is 0. The van der Waals surface area contributed by atoms with Crippen molar-refractivity contribution in [1.82, 2.24) is 19.9 Å². The number of anilines is 6. The highest BCUT2D eigenvalue weighted by atomic mass is 32.2. The van der Waals surface area contributed by atoms with Gasteiger partial charge in [-0.15, -0.1) is 0 Å². The molecular weight excluding hydrogens is 989 g/mol. The van der Waals surface area contributed by atoms with Gasteiger partial charge in [-0.1, -0.05) is 218 Å². The van der Waals surface area contributed by atoms with E-state index >= 15 is 0 Å². The van der Waals surface area contributed by atoms with Crippen LogP contribution in [0.5, 0.6) is 0 Å². The third kappa shape index (κ3) is 7.83. The molecule has 366 valence electrons. The summed E-state index contributed by atoms with van der Waals surface area (Å²) >= 11 is 3.60. The van der Waals surface area contributed by atoms with E-state index in [0.29, 0.717) is 0 Å². The first-order valence-electron chi connectivity index (χ1n) is 26.0. The number of hydrogen-bond acceptors (Lipinski definition) is 8. The summed E-state index contributed by atoms with van der Waals surface area (Å²) in [6.45, 7) is 0. The summed E-state index contributed by atoms with van der Waals surface area (Å²) in [6.07, 6.45) is 0. The van der Waals surface area contributed by atoms with Crippen LogP contribution in [-0.2, 0) is 0 Å². The molecule has 0 fully saturated rings. The molecule has 2 aromatic heterocycles. The van der Waals surface area contributed by atoms with Crippen molar-refractivity contribution in [2.24, 2.45) is 0 Å². The maximum absolute atomic E-state index is 5.73. The molecule has 0 atom stereocenters. The molecule has 2 aliphatic rings. The van der Waals surface area contributed by atoms with Gasteiger partial charge in [0.1, 0.15) is 11.0 Å². The maximum Gasteiger partial charge on any atom is 0.114 e. The van der Waals surface area contributed by atoms with Crippen molar-refractivity contribution < 1.29 is 0 Å². The monoisotopic (exact) mass is 1030 g/mol. The van der Waals surface area contributed by atoms with E-state index < -0.39 is 0 Å². The molecule has 0 N–H and O–H groups in total. The highest BCUT2D eigenvalue weighted by Crippen LogP contribution is 2.55. The smallest absolute Gasteiger partial charge is 0.114 e. The Bertz CT molecular complexity index is 4060.